The number of ether oxygens (including phenoxy) is 1. The second-order valence-corrected chi connectivity index (χ2v) is 5.58. The Balaban J connectivity index is 3.58. The molecule has 0 bridgehead atoms. The Bertz CT molecular complexity index is 289. The summed E-state index contributed by atoms with van der Waals surface area (Å²) in [6, 6.07) is 0. The summed E-state index contributed by atoms with van der Waals surface area (Å²) in [5.74, 6) is 0.0408. The lowest BCUT2D eigenvalue weighted by Gasteiger charge is -2.19. The quantitative estimate of drug-likeness (QED) is 0.199. The minimum atomic E-state index is -0.421. The second kappa shape index (κ2) is 8.17. The van der Waals surface area contributed by atoms with E-state index in [1.54, 1.807) is 6.34 Å². The Labute approximate surface area is 108 Å². The van der Waals surface area contributed by atoms with Crippen molar-refractivity contribution >= 4 is 24.3 Å². The van der Waals surface area contributed by atoms with Crippen molar-refractivity contribution in [3.05, 3.63) is 11.6 Å². The van der Waals surface area contributed by atoms with Crippen molar-refractivity contribution < 1.29 is 9.53 Å². The molecule has 0 saturated carbocycles. The van der Waals surface area contributed by atoms with Gasteiger partial charge in [0, 0.05) is 0 Å². The number of aliphatic imine (C=N–C) groups is 1. The molecule has 0 heterocycles. The summed E-state index contributed by atoms with van der Waals surface area (Å²) in [5.41, 5.74) is 0.818. The van der Waals surface area contributed by atoms with Gasteiger partial charge in [-0.15, -0.1) is 0 Å². The predicted molar refractivity (Wildman–Crippen MR) is 74.2 cm³/mol. The second-order valence-electron chi connectivity index (χ2n) is 4.77. The molecule has 0 atom stereocenters. The molecule has 4 nitrogen and oxygen atoms in total. The molecule has 0 aromatic carbocycles. The first-order valence-electron chi connectivity index (χ1n) is 5.52. The lowest BCUT2D eigenvalue weighted by atomic mass is 10.2. The van der Waals surface area contributed by atoms with Crippen LogP contribution in [-0.4, -0.2) is 30.2 Å². The van der Waals surface area contributed by atoms with Crippen LogP contribution in [-0.2, 0) is 9.53 Å². The number of carbonyl (C=O) groups excluding carboxylic acids is 1. The molecule has 5 heteroatoms. The number of rotatable bonds is 6. The van der Waals surface area contributed by atoms with Gasteiger partial charge in [0.2, 0.25) is 0 Å². The number of esters is 1. The molecule has 0 aliphatic carbocycles. The largest absolute Gasteiger partial charge is 0.459 e. The maximum absolute atomic E-state index is 11.3. The highest BCUT2D eigenvalue weighted by Crippen LogP contribution is 2.08. The zero-order valence-electron chi connectivity index (χ0n) is 11.2. The SMILES string of the molecule is CC(C)=CCN=CNSCC(=O)OC(C)(C)C. The Morgan fingerprint density at radius 1 is 1.41 bits per heavy atom. The average Bonchev–Trinajstić information content (AvgIpc) is 2.12. The van der Waals surface area contributed by atoms with Crippen LogP contribution < -0.4 is 4.72 Å². The van der Waals surface area contributed by atoms with E-state index in [9.17, 15) is 4.79 Å². The van der Waals surface area contributed by atoms with Crippen LogP contribution in [0.4, 0.5) is 0 Å². The molecule has 0 saturated heterocycles. The van der Waals surface area contributed by atoms with Gasteiger partial charge < -0.3 is 9.46 Å². The molecule has 17 heavy (non-hydrogen) atoms. The fourth-order valence-corrected chi connectivity index (χ4v) is 1.24. The molecule has 0 spiro atoms. The smallest absolute Gasteiger partial charge is 0.318 e. The Kier molecular flexibility index (Phi) is 7.70. The first-order valence-corrected chi connectivity index (χ1v) is 6.50. The van der Waals surface area contributed by atoms with Gasteiger partial charge in [0.15, 0.2) is 0 Å². The standard InChI is InChI=1S/C12H22N2O2S/c1-10(2)6-7-13-9-14-17-8-11(15)16-12(3,4)5/h6,9H,7-8H2,1-5H3,(H,13,14). The first-order chi connectivity index (χ1) is 7.81. The molecular formula is C12H22N2O2S. The summed E-state index contributed by atoms with van der Waals surface area (Å²) in [4.78, 5) is 15.4. The van der Waals surface area contributed by atoms with Gasteiger partial charge in [0.05, 0.1) is 12.9 Å². The van der Waals surface area contributed by atoms with Crippen molar-refractivity contribution in [1.82, 2.24) is 4.72 Å². The molecule has 0 fully saturated rings. The summed E-state index contributed by atoms with van der Waals surface area (Å²) in [6.07, 6.45) is 3.62. The zero-order valence-corrected chi connectivity index (χ0v) is 12.1. The molecule has 0 aromatic rings. The van der Waals surface area contributed by atoms with Crippen LogP contribution in [0.1, 0.15) is 34.6 Å². The zero-order chi connectivity index (χ0) is 13.3. The van der Waals surface area contributed by atoms with Gasteiger partial charge in [0.1, 0.15) is 11.4 Å². The molecule has 0 aliphatic heterocycles. The van der Waals surface area contributed by atoms with Crippen molar-refractivity contribution in [3.8, 4) is 0 Å². The minimum absolute atomic E-state index is 0.229. The van der Waals surface area contributed by atoms with Crippen molar-refractivity contribution in [2.24, 2.45) is 4.99 Å². The van der Waals surface area contributed by atoms with E-state index >= 15 is 0 Å². The molecule has 0 unspecified atom stereocenters. The summed E-state index contributed by atoms with van der Waals surface area (Å²) in [7, 11) is 0. The van der Waals surface area contributed by atoms with Crippen LogP contribution >= 0.6 is 11.9 Å². The van der Waals surface area contributed by atoms with E-state index in [0.29, 0.717) is 6.54 Å². The van der Waals surface area contributed by atoms with Crippen LogP contribution in [0.25, 0.3) is 0 Å². The molecule has 98 valence electrons. The topological polar surface area (TPSA) is 50.7 Å². The summed E-state index contributed by atoms with van der Waals surface area (Å²) in [5, 5.41) is 0. The van der Waals surface area contributed by atoms with E-state index in [0.717, 1.165) is 0 Å². The van der Waals surface area contributed by atoms with E-state index in [4.69, 9.17) is 4.74 Å². The number of nitrogens with one attached hydrogen (secondary N) is 1. The first kappa shape index (κ1) is 16.0. The van der Waals surface area contributed by atoms with Crippen LogP contribution in [0.3, 0.4) is 0 Å². The van der Waals surface area contributed by atoms with E-state index in [2.05, 4.69) is 9.71 Å². The van der Waals surface area contributed by atoms with Crippen molar-refractivity contribution in [1.29, 1.82) is 0 Å². The van der Waals surface area contributed by atoms with Gasteiger partial charge in [-0.2, -0.15) is 0 Å². The van der Waals surface area contributed by atoms with Gasteiger partial charge in [0.25, 0.3) is 0 Å². The van der Waals surface area contributed by atoms with Gasteiger partial charge >= 0.3 is 5.97 Å². The van der Waals surface area contributed by atoms with Crippen LogP contribution in [0.2, 0.25) is 0 Å². The lowest BCUT2D eigenvalue weighted by molar-refractivity contribution is -0.151. The van der Waals surface area contributed by atoms with Crippen LogP contribution in [0, 0.1) is 0 Å². The van der Waals surface area contributed by atoms with Gasteiger partial charge in [-0.1, -0.05) is 11.6 Å². The van der Waals surface area contributed by atoms with Crippen molar-refractivity contribution in [2.75, 3.05) is 12.3 Å². The number of nitrogens with zero attached hydrogens (tertiary/aromatic N) is 1. The van der Waals surface area contributed by atoms with Crippen molar-refractivity contribution in [2.45, 2.75) is 40.2 Å². The van der Waals surface area contributed by atoms with Crippen LogP contribution in [0.5, 0.6) is 0 Å². The highest BCUT2D eigenvalue weighted by molar-refractivity contribution is 7.98. The number of carbonyl (C=O) groups is 1. The molecular weight excluding hydrogens is 236 g/mol. The minimum Gasteiger partial charge on any atom is -0.459 e. The highest BCUT2D eigenvalue weighted by Gasteiger charge is 2.15. The maximum atomic E-state index is 11.3. The molecule has 0 aliphatic rings. The molecule has 0 aromatic heterocycles. The Hall–Kier alpha value is -0.970. The van der Waals surface area contributed by atoms with Gasteiger partial charge in [-0.25, -0.2) is 0 Å². The summed E-state index contributed by atoms with van der Waals surface area (Å²) >= 11 is 1.27. The monoisotopic (exact) mass is 258 g/mol. The maximum Gasteiger partial charge on any atom is 0.318 e. The van der Waals surface area contributed by atoms with Crippen LogP contribution in [0.15, 0.2) is 16.6 Å². The van der Waals surface area contributed by atoms with Gasteiger partial charge in [-0.05, 0) is 46.6 Å². The Morgan fingerprint density at radius 2 is 2.06 bits per heavy atom. The number of allylic oxidation sites excluding steroid dienone is 1. The van der Waals surface area contributed by atoms with E-state index in [1.165, 1.54) is 17.5 Å². The third kappa shape index (κ3) is 13.0. The fourth-order valence-electron chi connectivity index (χ4n) is 0.834. The normalized spacial score (nSPS) is 11.4. The number of hydrogen-bond donors (Lipinski definition) is 1. The molecule has 0 radical (unpaired) electrons. The van der Waals surface area contributed by atoms with E-state index in [-0.39, 0.29) is 11.7 Å². The van der Waals surface area contributed by atoms with Gasteiger partial charge in [-0.3, -0.25) is 9.79 Å². The molecule has 1 N–H and O–H groups in total. The molecule has 0 rings (SSSR count). The number of hydrogen-bond acceptors (Lipinski definition) is 4. The predicted octanol–water partition coefficient (Wildman–Crippen LogP) is 2.56. The Morgan fingerprint density at radius 3 is 2.59 bits per heavy atom. The fraction of sp³-hybridized carbons (Fsp3) is 0.667. The van der Waals surface area contributed by atoms with E-state index in [1.807, 2.05) is 40.7 Å². The van der Waals surface area contributed by atoms with E-state index < -0.39 is 5.60 Å². The average molecular weight is 258 g/mol. The lowest BCUT2D eigenvalue weighted by Crippen LogP contribution is -2.25. The highest BCUT2D eigenvalue weighted by atomic mass is 32.2. The third-order valence-corrected chi connectivity index (χ3v) is 2.09. The molecule has 0 amide bonds. The summed E-state index contributed by atoms with van der Waals surface area (Å²) < 4.78 is 8.01. The van der Waals surface area contributed by atoms with Crippen molar-refractivity contribution in [3.63, 3.8) is 0 Å². The summed E-state index contributed by atoms with van der Waals surface area (Å²) in [6.45, 7) is 10.3. The third-order valence-electron chi connectivity index (χ3n) is 1.44.